The van der Waals surface area contributed by atoms with Crippen molar-refractivity contribution in [3.63, 3.8) is 0 Å². The summed E-state index contributed by atoms with van der Waals surface area (Å²) in [6, 6.07) is 12.6. The summed E-state index contributed by atoms with van der Waals surface area (Å²) in [6.45, 7) is 4.20. The predicted octanol–water partition coefficient (Wildman–Crippen LogP) is 3.16. The van der Waals surface area contributed by atoms with Gasteiger partial charge in [-0.15, -0.1) is 11.3 Å². The van der Waals surface area contributed by atoms with Crippen molar-refractivity contribution in [2.45, 2.75) is 6.54 Å². The molecular weight excluding hydrogens is 304 g/mol. The number of halogens is 1. The Morgan fingerprint density at radius 1 is 1.29 bits per heavy atom. The third-order valence-corrected chi connectivity index (χ3v) is 4.69. The van der Waals surface area contributed by atoms with Crippen molar-refractivity contribution in [3.05, 3.63) is 57.2 Å². The molecule has 1 amide bonds. The molecule has 1 aromatic heterocycles. The van der Waals surface area contributed by atoms with E-state index in [9.17, 15) is 4.79 Å². The Labute approximate surface area is 133 Å². The molecule has 1 aliphatic heterocycles. The largest absolute Gasteiger partial charge is 0.335 e. The number of hydrogen-bond acceptors (Lipinski definition) is 3. The predicted molar refractivity (Wildman–Crippen MR) is 85.8 cm³/mol. The minimum atomic E-state index is 0.153. The number of hydrogen-bond donors (Lipinski definition) is 0. The Kier molecular flexibility index (Phi) is 4.58. The maximum Gasteiger partial charge on any atom is 0.264 e. The highest BCUT2D eigenvalue weighted by Crippen LogP contribution is 2.16. The number of amides is 1. The minimum absolute atomic E-state index is 0.153. The monoisotopic (exact) mass is 319 g/mol. The van der Waals surface area contributed by atoms with Gasteiger partial charge in [-0.05, 0) is 41.3 Å². The van der Waals surface area contributed by atoms with Gasteiger partial charge in [0.05, 0.1) is 4.88 Å². The molecule has 2 heterocycles. The molecule has 2 aromatic rings. The van der Waals surface area contributed by atoms with Gasteiger partial charge in [0.15, 0.2) is 0 Å². The second-order valence-corrected chi connectivity index (χ2v) is 6.49. The number of benzene rings is 1. The zero-order valence-electron chi connectivity index (χ0n) is 11.6. The number of rotatable bonds is 3. The number of piperazine rings is 1. The quantitative estimate of drug-likeness (QED) is 0.867. The highest BCUT2D eigenvalue weighted by atomic mass is 35.5. The molecule has 3 nitrogen and oxygen atoms in total. The van der Waals surface area contributed by atoms with Gasteiger partial charge in [0, 0.05) is 37.7 Å². The van der Waals surface area contributed by atoms with Gasteiger partial charge in [-0.2, -0.15) is 0 Å². The second-order valence-electron chi connectivity index (χ2n) is 5.11. The molecule has 5 heteroatoms. The fourth-order valence-corrected chi connectivity index (χ4v) is 3.40. The van der Waals surface area contributed by atoms with Crippen LogP contribution in [-0.2, 0) is 6.54 Å². The van der Waals surface area contributed by atoms with Crippen molar-refractivity contribution in [2.75, 3.05) is 26.2 Å². The van der Waals surface area contributed by atoms with Crippen LogP contribution in [0, 0.1) is 6.07 Å². The molecule has 0 atom stereocenters. The van der Waals surface area contributed by atoms with Crippen LogP contribution >= 0.6 is 22.9 Å². The van der Waals surface area contributed by atoms with Crippen LogP contribution in [0.1, 0.15) is 15.2 Å². The molecule has 0 bridgehead atoms. The third kappa shape index (κ3) is 3.64. The second kappa shape index (κ2) is 6.60. The molecule has 1 aliphatic rings. The average molecular weight is 320 g/mol. The van der Waals surface area contributed by atoms with E-state index in [1.54, 1.807) is 6.07 Å². The lowest BCUT2D eigenvalue weighted by molar-refractivity contribution is 0.0633. The SMILES string of the molecule is O=C(c1cccs1)N1CCN(Cc2c[c]cc(Cl)c2)CC1. The molecule has 21 heavy (non-hydrogen) atoms. The van der Waals surface area contributed by atoms with Crippen LogP contribution in [0.15, 0.2) is 35.7 Å². The van der Waals surface area contributed by atoms with Crippen molar-refractivity contribution in [3.8, 4) is 0 Å². The van der Waals surface area contributed by atoms with Gasteiger partial charge in [-0.25, -0.2) is 0 Å². The lowest BCUT2D eigenvalue weighted by Gasteiger charge is -2.34. The third-order valence-electron chi connectivity index (χ3n) is 3.61. The Bertz CT molecular complexity index is 606. The number of thiophene rings is 1. The van der Waals surface area contributed by atoms with Crippen molar-refractivity contribution < 1.29 is 4.79 Å². The van der Waals surface area contributed by atoms with Crippen molar-refractivity contribution in [2.24, 2.45) is 0 Å². The number of nitrogens with zero attached hydrogens (tertiary/aromatic N) is 2. The van der Waals surface area contributed by atoms with Crippen LogP contribution < -0.4 is 0 Å². The van der Waals surface area contributed by atoms with Gasteiger partial charge >= 0.3 is 0 Å². The van der Waals surface area contributed by atoms with Crippen molar-refractivity contribution >= 4 is 28.8 Å². The molecule has 1 radical (unpaired) electrons. The zero-order chi connectivity index (χ0) is 14.7. The first-order chi connectivity index (χ1) is 10.2. The van der Waals surface area contributed by atoms with Crippen LogP contribution in [0.5, 0.6) is 0 Å². The summed E-state index contributed by atoms with van der Waals surface area (Å²) in [5, 5.41) is 2.66. The zero-order valence-corrected chi connectivity index (χ0v) is 13.2. The molecule has 109 valence electrons. The summed E-state index contributed by atoms with van der Waals surface area (Å²) in [5.41, 5.74) is 1.17. The van der Waals surface area contributed by atoms with Gasteiger partial charge in [0.2, 0.25) is 0 Å². The van der Waals surface area contributed by atoms with E-state index in [0.29, 0.717) is 0 Å². The van der Waals surface area contributed by atoms with E-state index in [-0.39, 0.29) is 5.91 Å². The van der Waals surface area contributed by atoms with E-state index < -0.39 is 0 Å². The molecule has 0 N–H and O–H groups in total. The maximum atomic E-state index is 12.3. The summed E-state index contributed by atoms with van der Waals surface area (Å²) in [6.07, 6.45) is 0. The highest BCUT2D eigenvalue weighted by molar-refractivity contribution is 7.12. The minimum Gasteiger partial charge on any atom is -0.335 e. The molecule has 3 rings (SSSR count). The Morgan fingerprint density at radius 2 is 2.10 bits per heavy atom. The van der Waals surface area contributed by atoms with E-state index in [2.05, 4.69) is 11.0 Å². The van der Waals surface area contributed by atoms with Crippen LogP contribution in [0.25, 0.3) is 0 Å². The van der Waals surface area contributed by atoms with Crippen LogP contribution in [-0.4, -0.2) is 41.9 Å². The normalized spacial score (nSPS) is 16.1. The summed E-state index contributed by atoms with van der Waals surface area (Å²) in [5.74, 6) is 0.153. The van der Waals surface area contributed by atoms with Crippen LogP contribution in [0.4, 0.5) is 0 Å². The van der Waals surface area contributed by atoms with E-state index >= 15 is 0 Å². The molecule has 1 aromatic carbocycles. The summed E-state index contributed by atoms with van der Waals surface area (Å²) in [7, 11) is 0. The van der Waals surface area contributed by atoms with Gasteiger partial charge in [0.1, 0.15) is 0 Å². The van der Waals surface area contributed by atoms with Crippen LogP contribution in [0.3, 0.4) is 0 Å². The highest BCUT2D eigenvalue weighted by Gasteiger charge is 2.22. The molecule has 1 saturated heterocycles. The molecule has 0 unspecified atom stereocenters. The summed E-state index contributed by atoms with van der Waals surface area (Å²) >= 11 is 7.49. The summed E-state index contributed by atoms with van der Waals surface area (Å²) in [4.78, 5) is 17.4. The Morgan fingerprint density at radius 3 is 2.76 bits per heavy atom. The van der Waals surface area contributed by atoms with Gasteiger partial charge < -0.3 is 4.90 Å². The Balaban J connectivity index is 1.54. The molecule has 0 spiro atoms. The average Bonchev–Trinajstić information content (AvgIpc) is 3.01. The first-order valence-electron chi connectivity index (χ1n) is 6.93. The van der Waals surface area contributed by atoms with E-state index in [1.165, 1.54) is 16.9 Å². The van der Waals surface area contributed by atoms with E-state index in [0.717, 1.165) is 42.6 Å². The molecule has 0 aliphatic carbocycles. The lowest BCUT2D eigenvalue weighted by Crippen LogP contribution is -2.48. The summed E-state index contributed by atoms with van der Waals surface area (Å²) < 4.78 is 0. The number of carbonyl (C=O) groups is 1. The fourth-order valence-electron chi connectivity index (χ4n) is 2.50. The first kappa shape index (κ1) is 14.6. The van der Waals surface area contributed by atoms with Gasteiger partial charge in [0.25, 0.3) is 5.91 Å². The topological polar surface area (TPSA) is 23.6 Å². The van der Waals surface area contributed by atoms with Crippen LogP contribution in [0.2, 0.25) is 5.02 Å². The van der Waals surface area contributed by atoms with E-state index in [4.69, 9.17) is 11.6 Å². The Hall–Kier alpha value is -1.36. The maximum absolute atomic E-state index is 12.3. The van der Waals surface area contributed by atoms with Crippen molar-refractivity contribution in [1.29, 1.82) is 0 Å². The first-order valence-corrected chi connectivity index (χ1v) is 8.19. The molecule has 1 fully saturated rings. The van der Waals surface area contributed by atoms with E-state index in [1.807, 2.05) is 34.5 Å². The fraction of sp³-hybridized carbons (Fsp3) is 0.312. The molecule has 0 saturated carbocycles. The smallest absolute Gasteiger partial charge is 0.264 e. The molecular formula is C16H16ClN2OS. The van der Waals surface area contributed by atoms with Gasteiger partial charge in [-0.3, -0.25) is 9.69 Å². The standard InChI is InChI=1S/C16H16ClN2OS/c17-14-4-1-3-13(11-14)12-18-6-8-19(9-7-18)16(20)15-5-2-10-21-15/h2-5,10-11H,6-9,12H2. The number of carbonyl (C=O) groups excluding carboxylic acids is 1. The lowest BCUT2D eigenvalue weighted by atomic mass is 10.2. The van der Waals surface area contributed by atoms with Gasteiger partial charge in [-0.1, -0.05) is 17.7 Å². The van der Waals surface area contributed by atoms with Crippen molar-refractivity contribution in [1.82, 2.24) is 9.80 Å².